The van der Waals surface area contributed by atoms with Gasteiger partial charge in [0.1, 0.15) is 5.76 Å². The average molecular weight is 302 g/mol. The third-order valence-electron chi connectivity index (χ3n) is 3.84. The van der Waals surface area contributed by atoms with E-state index < -0.39 is 0 Å². The predicted octanol–water partition coefficient (Wildman–Crippen LogP) is 1.85. The molecule has 118 valence electrons. The Morgan fingerprint density at radius 3 is 2.95 bits per heavy atom. The van der Waals surface area contributed by atoms with Crippen molar-refractivity contribution in [2.75, 3.05) is 39.3 Å². The van der Waals surface area contributed by atoms with Gasteiger partial charge >= 0.3 is 0 Å². The number of nitrogens with one attached hydrogen (secondary N) is 1. The molecule has 0 aliphatic carbocycles. The van der Waals surface area contributed by atoms with Crippen LogP contribution in [0.1, 0.15) is 12.7 Å². The summed E-state index contributed by atoms with van der Waals surface area (Å²) in [6.07, 6.45) is 0.337. The summed E-state index contributed by atoms with van der Waals surface area (Å²) >= 11 is 0. The van der Waals surface area contributed by atoms with Gasteiger partial charge in [0.15, 0.2) is 17.1 Å². The number of rotatable bonds is 6. The van der Waals surface area contributed by atoms with E-state index in [0.717, 1.165) is 42.9 Å². The number of para-hydroxylation sites is 1. The first kappa shape index (κ1) is 15.1. The van der Waals surface area contributed by atoms with Gasteiger partial charge in [-0.2, -0.15) is 0 Å². The highest BCUT2D eigenvalue weighted by Crippen LogP contribution is 2.29. The van der Waals surface area contributed by atoms with E-state index in [4.69, 9.17) is 9.15 Å². The van der Waals surface area contributed by atoms with Crippen molar-refractivity contribution in [2.45, 2.75) is 13.3 Å². The van der Waals surface area contributed by atoms with E-state index in [1.165, 1.54) is 0 Å². The van der Waals surface area contributed by atoms with Crippen LogP contribution in [0, 0.1) is 0 Å². The number of fused-ring (bicyclic) bond motifs is 1. The smallest absolute Gasteiger partial charge is 0.176 e. The molecule has 0 spiro atoms. The molecule has 22 heavy (non-hydrogen) atoms. The molecular formula is C17H22N2O3. The first-order valence-electron chi connectivity index (χ1n) is 7.85. The standard InChI is InChI=1S/C17H22N2O3/c1-2-21-16-5-3-4-13-10-15(22-17(13)16)11-14(20)12-19-8-6-18-7-9-19/h3-5,10,18H,2,6-9,11-12H2,1H3. The summed E-state index contributed by atoms with van der Waals surface area (Å²) in [5.74, 6) is 1.64. The van der Waals surface area contributed by atoms with Crippen LogP contribution in [0.2, 0.25) is 0 Å². The number of carbonyl (C=O) groups is 1. The fourth-order valence-electron chi connectivity index (χ4n) is 2.81. The normalized spacial score (nSPS) is 16.0. The van der Waals surface area contributed by atoms with Crippen LogP contribution < -0.4 is 10.1 Å². The summed E-state index contributed by atoms with van der Waals surface area (Å²) in [6, 6.07) is 7.75. The molecule has 1 aliphatic rings. The summed E-state index contributed by atoms with van der Waals surface area (Å²) in [4.78, 5) is 14.4. The van der Waals surface area contributed by atoms with Crippen molar-refractivity contribution in [3.05, 3.63) is 30.0 Å². The van der Waals surface area contributed by atoms with E-state index >= 15 is 0 Å². The van der Waals surface area contributed by atoms with Gasteiger partial charge in [-0.25, -0.2) is 0 Å². The molecule has 1 aromatic heterocycles. The van der Waals surface area contributed by atoms with Gasteiger partial charge in [0.05, 0.1) is 19.6 Å². The number of piperazine rings is 1. The molecule has 0 amide bonds. The lowest BCUT2D eigenvalue weighted by Crippen LogP contribution is -2.45. The molecule has 0 saturated carbocycles. The summed E-state index contributed by atoms with van der Waals surface area (Å²) in [6.45, 7) is 6.81. The van der Waals surface area contributed by atoms with E-state index in [2.05, 4.69) is 10.2 Å². The van der Waals surface area contributed by atoms with Crippen molar-refractivity contribution in [2.24, 2.45) is 0 Å². The van der Waals surface area contributed by atoms with E-state index in [9.17, 15) is 4.79 Å². The number of ether oxygens (including phenoxy) is 1. The molecule has 0 bridgehead atoms. The molecule has 3 rings (SSSR count). The number of Topliss-reactive ketones (excluding diaryl/α,β-unsaturated/α-hetero) is 1. The second-order valence-corrected chi connectivity index (χ2v) is 5.56. The molecule has 1 aromatic carbocycles. The van der Waals surface area contributed by atoms with Crippen LogP contribution in [0.3, 0.4) is 0 Å². The second kappa shape index (κ2) is 6.94. The number of hydrogen-bond acceptors (Lipinski definition) is 5. The summed E-state index contributed by atoms with van der Waals surface area (Å²) in [5.41, 5.74) is 0.731. The molecule has 2 aromatic rings. The molecule has 2 heterocycles. The second-order valence-electron chi connectivity index (χ2n) is 5.56. The molecule has 1 aliphatic heterocycles. The number of ketones is 1. The average Bonchev–Trinajstić information content (AvgIpc) is 2.92. The Kier molecular flexibility index (Phi) is 4.75. The zero-order chi connectivity index (χ0) is 15.4. The zero-order valence-electron chi connectivity index (χ0n) is 12.9. The maximum atomic E-state index is 12.2. The number of nitrogens with zero attached hydrogens (tertiary/aromatic N) is 1. The maximum absolute atomic E-state index is 12.2. The highest BCUT2D eigenvalue weighted by atomic mass is 16.5. The van der Waals surface area contributed by atoms with Gasteiger partial charge in [-0.3, -0.25) is 9.69 Å². The molecular weight excluding hydrogens is 280 g/mol. The van der Waals surface area contributed by atoms with Crippen molar-refractivity contribution in [3.8, 4) is 5.75 Å². The highest BCUT2D eigenvalue weighted by Gasteiger charge is 2.16. The summed E-state index contributed by atoms with van der Waals surface area (Å²) in [5, 5.41) is 4.27. The van der Waals surface area contributed by atoms with Crippen molar-refractivity contribution >= 4 is 16.8 Å². The molecule has 0 radical (unpaired) electrons. The Morgan fingerprint density at radius 1 is 1.36 bits per heavy atom. The largest absolute Gasteiger partial charge is 0.490 e. The lowest BCUT2D eigenvalue weighted by Gasteiger charge is -2.26. The van der Waals surface area contributed by atoms with Crippen LogP contribution in [-0.2, 0) is 11.2 Å². The minimum atomic E-state index is 0.193. The fraction of sp³-hybridized carbons (Fsp3) is 0.471. The first-order chi connectivity index (χ1) is 10.8. The van der Waals surface area contributed by atoms with Gasteiger partial charge in [0.2, 0.25) is 0 Å². The van der Waals surface area contributed by atoms with Crippen LogP contribution in [0.15, 0.2) is 28.7 Å². The summed E-state index contributed by atoms with van der Waals surface area (Å²) < 4.78 is 11.4. The third-order valence-corrected chi connectivity index (χ3v) is 3.84. The van der Waals surface area contributed by atoms with Crippen LogP contribution in [0.5, 0.6) is 5.75 Å². The van der Waals surface area contributed by atoms with Crippen molar-refractivity contribution in [3.63, 3.8) is 0 Å². The van der Waals surface area contributed by atoms with Gasteiger partial charge in [-0.15, -0.1) is 0 Å². The Labute approximate surface area is 130 Å². The van der Waals surface area contributed by atoms with Gasteiger partial charge in [0, 0.05) is 31.6 Å². The molecule has 1 saturated heterocycles. The number of hydrogen-bond donors (Lipinski definition) is 1. The Morgan fingerprint density at radius 2 is 2.18 bits per heavy atom. The number of furan rings is 1. The van der Waals surface area contributed by atoms with Crippen LogP contribution in [0.4, 0.5) is 0 Å². The molecule has 5 nitrogen and oxygen atoms in total. The van der Waals surface area contributed by atoms with E-state index in [0.29, 0.717) is 25.3 Å². The Bertz CT molecular complexity index is 644. The van der Waals surface area contributed by atoms with Crippen LogP contribution >= 0.6 is 0 Å². The fourth-order valence-corrected chi connectivity index (χ4v) is 2.81. The molecule has 5 heteroatoms. The SMILES string of the molecule is CCOc1cccc2cc(CC(=O)CN3CCNCC3)oc12. The van der Waals surface area contributed by atoms with E-state index in [-0.39, 0.29) is 5.78 Å². The van der Waals surface area contributed by atoms with E-state index in [1.54, 1.807) is 0 Å². The zero-order valence-corrected chi connectivity index (χ0v) is 12.9. The minimum Gasteiger partial charge on any atom is -0.490 e. The Balaban J connectivity index is 1.68. The Hall–Kier alpha value is -1.85. The van der Waals surface area contributed by atoms with Crippen LogP contribution in [-0.4, -0.2) is 50.0 Å². The minimum absolute atomic E-state index is 0.193. The quantitative estimate of drug-likeness (QED) is 0.882. The third kappa shape index (κ3) is 3.48. The van der Waals surface area contributed by atoms with Crippen molar-refractivity contribution in [1.29, 1.82) is 0 Å². The summed E-state index contributed by atoms with van der Waals surface area (Å²) in [7, 11) is 0. The van der Waals surface area contributed by atoms with Crippen molar-refractivity contribution in [1.82, 2.24) is 10.2 Å². The molecule has 1 fully saturated rings. The number of benzene rings is 1. The van der Waals surface area contributed by atoms with Gasteiger partial charge in [-0.1, -0.05) is 12.1 Å². The van der Waals surface area contributed by atoms with Gasteiger partial charge < -0.3 is 14.5 Å². The van der Waals surface area contributed by atoms with Crippen molar-refractivity contribution < 1.29 is 13.9 Å². The highest BCUT2D eigenvalue weighted by molar-refractivity contribution is 5.87. The van der Waals surface area contributed by atoms with E-state index in [1.807, 2.05) is 31.2 Å². The predicted molar refractivity (Wildman–Crippen MR) is 85.4 cm³/mol. The molecule has 1 N–H and O–H groups in total. The maximum Gasteiger partial charge on any atom is 0.176 e. The van der Waals surface area contributed by atoms with Gasteiger partial charge in [-0.05, 0) is 19.1 Å². The lowest BCUT2D eigenvalue weighted by atomic mass is 10.2. The lowest BCUT2D eigenvalue weighted by molar-refractivity contribution is -0.119. The van der Waals surface area contributed by atoms with Gasteiger partial charge in [0.25, 0.3) is 0 Å². The topological polar surface area (TPSA) is 54.7 Å². The molecule has 0 unspecified atom stereocenters. The first-order valence-corrected chi connectivity index (χ1v) is 7.85. The monoisotopic (exact) mass is 302 g/mol. The van der Waals surface area contributed by atoms with Crippen LogP contribution in [0.25, 0.3) is 11.0 Å². The molecule has 0 atom stereocenters. The number of carbonyl (C=O) groups excluding carboxylic acids is 1.